The largest absolute Gasteiger partial charge is 0.321 e. The molecule has 0 radical (unpaired) electrons. The number of hydrogen-bond donors (Lipinski definition) is 1. The van der Waals surface area contributed by atoms with Gasteiger partial charge in [0.1, 0.15) is 4.88 Å². The van der Waals surface area contributed by atoms with E-state index in [0.717, 1.165) is 20.5 Å². The minimum absolute atomic E-state index is 0.150. The van der Waals surface area contributed by atoms with Gasteiger partial charge in [-0.2, -0.15) is 0 Å². The molecule has 0 saturated carbocycles. The molecule has 0 aliphatic carbocycles. The molecule has 0 unspecified atom stereocenters. The van der Waals surface area contributed by atoms with Gasteiger partial charge >= 0.3 is 0 Å². The first-order valence-electron chi connectivity index (χ1n) is 9.64. The Labute approximate surface area is 184 Å². The maximum Gasteiger partial charge on any atom is 0.267 e. The monoisotopic (exact) mass is 431 g/mol. The van der Waals surface area contributed by atoms with E-state index in [2.05, 4.69) is 59.5 Å². The van der Waals surface area contributed by atoms with Crippen molar-refractivity contribution in [2.45, 2.75) is 29.0 Å². The highest BCUT2D eigenvalue weighted by atomic mass is 32.2. The Balaban J connectivity index is 1.51. The van der Waals surface area contributed by atoms with Crippen LogP contribution in [0.1, 0.15) is 35.0 Å². The van der Waals surface area contributed by atoms with E-state index >= 15 is 0 Å². The van der Waals surface area contributed by atoms with Gasteiger partial charge in [0.05, 0.1) is 6.20 Å². The first-order valence-corrected chi connectivity index (χ1v) is 11.3. The van der Waals surface area contributed by atoms with Crippen molar-refractivity contribution < 1.29 is 4.79 Å². The lowest BCUT2D eigenvalue weighted by Gasteiger charge is -2.13. The number of rotatable bonds is 6. The van der Waals surface area contributed by atoms with Crippen LogP contribution in [0.3, 0.4) is 0 Å². The molecule has 0 atom stereocenters. The molecule has 6 heteroatoms. The molecule has 2 aromatic carbocycles. The zero-order valence-electron chi connectivity index (χ0n) is 16.7. The fourth-order valence-electron chi connectivity index (χ4n) is 3.11. The third kappa shape index (κ3) is 4.78. The van der Waals surface area contributed by atoms with E-state index in [1.165, 1.54) is 34.2 Å². The summed E-state index contributed by atoms with van der Waals surface area (Å²) < 4.78 is 0.810. The molecular formula is C24H21N3OS2. The molecule has 1 amide bonds. The maximum absolute atomic E-state index is 12.5. The third-order valence-electron chi connectivity index (χ3n) is 4.55. The molecule has 0 spiro atoms. The van der Waals surface area contributed by atoms with Crippen LogP contribution in [0.2, 0.25) is 0 Å². The lowest BCUT2D eigenvalue weighted by Crippen LogP contribution is -2.09. The van der Waals surface area contributed by atoms with Gasteiger partial charge in [-0.15, -0.1) is 11.3 Å². The number of aromatic nitrogens is 2. The highest BCUT2D eigenvalue weighted by molar-refractivity contribution is 8.01. The summed E-state index contributed by atoms with van der Waals surface area (Å²) in [7, 11) is 0. The molecule has 0 bridgehead atoms. The summed E-state index contributed by atoms with van der Waals surface area (Å²) in [5.74, 6) is 0.283. The normalized spacial score (nSPS) is 10.9. The second kappa shape index (κ2) is 9.24. The average molecular weight is 432 g/mol. The first-order chi connectivity index (χ1) is 14.6. The smallest absolute Gasteiger partial charge is 0.267 e. The van der Waals surface area contributed by atoms with Crippen molar-refractivity contribution in [3.8, 4) is 11.1 Å². The van der Waals surface area contributed by atoms with Crippen molar-refractivity contribution in [1.82, 2.24) is 9.97 Å². The van der Waals surface area contributed by atoms with Crippen molar-refractivity contribution in [1.29, 1.82) is 0 Å². The Bertz CT molecular complexity index is 1160. The van der Waals surface area contributed by atoms with Gasteiger partial charge in [0.15, 0.2) is 4.34 Å². The van der Waals surface area contributed by atoms with Crippen LogP contribution in [-0.4, -0.2) is 15.9 Å². The van der Waals surface area contributed by atoms with Gasteiger partial charge in [0, 0.05) is 28.5 Å². The Morgan fingerprint density at radius 2 is 1.77 bits per heavy atom. The maximum atomic E-state index is 12.5. The minimum Gasteiger partial charge on any atom is -0.321 e. The van der Waals surface area contributed by atoms with Crippen molar-refractivity contribution >= 4 is 34.7 Å². The predicted molar refractivity (Wildman–Crippen MR) is 124 cm³/mol. The van der Waals surface area contributed by atoms with Gasteiger partial charge in [-0.1, -0.05) is 68.1 Å². The van der Waals surface area contributed by atoms with Gasteiger partial charge in [0.2, 0.25) is 0 Å². The van der Waals surface area contributed by atoms with Gasteiger partial charge in [-0.05, 0) is 35.2 Å². The van der Waals surface area contributed by atoms with Crippen molar-refractivity contribution in [3.05, 3.63) is 89.7 Å². The number of thiazole rings is 1. The van der Waals surface area contributed by atoms with E-state index in [1.807, 2.05) is 42.7 Å². The summed E-state index contributed by atoms with van der Waals surface area (Å²) in [4.78, 5) is 22.9. The van der Waals surface area contributed by atoms with Crippen molar-refractivity contribution in [3.63, 3.8) is 0 Å². The molecular weight excluding hydrogens is 410 g/mol. The highest BCUT2D eigenvalue weighted by Gasteiger charge is 2.13. The van der Waals surface area contributed by atoms with Crippen molar-refractivity contribution in [2.24, 2.45) is 0 Å². The van der Waals surface area contributed by atoms with Crippen LogP contribution >= 0.6 is 23.1 Å². The van der Waals surface area contributed by atoms with Crippen LogP contribution < -0.4 is 5.32 Å². The molecule has 4 aromatic rings. The van der Waals surface area contributed by atoms with E-state index in [1.54, 1.807) is 6.20 Å². The van der Waals surface area contributed by atoms with Crippen LogP contribution in [0.5, 0.6) is 0 Å². The summed E-state index contributed by atoms with van der Waals surface area (Å²) in [5.41, 5.74) is 4.36. The Morgan fingerprint density at radius 3 is 2.57 bits per heavy atom. The second-order valence-electron chi connectivity index (χ2n) is 7.06. The van der Waals surface area contributed by atoms with E-state index < -0.39 is 0 Å². The number of amides is 1. The van der Waals surface area contributed by atoms with E-state index in [0.29, 0.717) is 10.8 Å². The Morgan fingerprint density at radius 1 is 1.00 bits per heavy atom. The number of anilines is 1. The van der Waals surface area contributed by atoms with E-state index in [9.17, 15) is 4.79 Å². The molecule has 4 rings (SSSR count). The number of carbonyl (C=O) groups excluding carboxylic acids is 1. The van der Waals surface area contributed by atoms with Crippen LogP contribution in [0.25, 0.3) is 11.1 Å². The number of nitrogens with zero attached hydrogens (tertiary/aromatic N) is 2. The topological polar surface area (TPSA) is 54.9 Å². The van der Waals surface area contributed by atoms with Gasteiger partial charge in [-0.25, -0.2) is 4.98 Å². The van der Waals surface area contributed by atoms with E-state index in [4.69, 9.17) is 0 Å². The number of nitrogens with one attached hydrogen (secondary N) is 1. The van der Waals surface area contributed by atoms with Crippen LogP contribution in [0.15, 0.2) is 88.5 Å². The zero-order chi connectivity index (χ0) is 20.9. The molecule has 4 nitrogen and oxygen atoms in total. The highest BCUT2D eigenvalue weighted by Crippen LogP contribution is 2.35. The van der Waals surface area contributed by atoms with E-state index in [-0.39, 0.29) is 5.91 Å². The predicted octanol–water partition coefficient (Wildman–Crippen LogP) is 6.73. The molecule has 30 heavy (non-hydrogen) atoms. The lowest BCUT2D eigenvalue weighted by molar-refractivity contribution is 0.103. The standard InChI is InChI=1S/C24H21N3OS2/c1-16(2)20-10-6-7-11-21(20)17-12-19(14-25-13-17)29-24-26-15-22(30-24)23(28)27-18-8-4-3-5-9-18/h3-16H,1-2H3,(H,27,28). The minimum atomic E-state index is -0.150. The van der Waals surface area contributed by atoms with Crippen LogP contribution in [0.4, 0.5) is 5.69 Å². The molecule has 150 valence electrons. The SMILES string of the molecule is CC(C)c1ccccc1-c1cncc(Sc2ncc(C(=O)Nc3ccccc3)s2)c1. The summed E-state index contributed by atoms with van der Waals surface area (Å²) in [6.07, 6.45) is 5.35. The lowest BCUT2D eigenvalue weighted by atomic mass is 9.93. The van der Waals surface area contributed by atoms with Gasteiger partial charge < -0.3 is 5.32 Å². The third-order valence-corrected chi connectivity index (χ3v) is 6.58. The van der Waals surface area contributed by atoms with Crippen LogP contribution in [-0.2, 0) is 0 Å². The molecule has 2 heterocycles. The number of hydrogen-bond acceptors (Lipinski definition) is 5. The molecule has 0 saturated heterocycles. The fourth-order valence-corrected chi connectivity index (χ4v) is 4.98. The van der Waals surface area contributed by atoms with Gasteiger partial charge in [-0.3, -0.25) is 9.78 Å². The zero-order valence-corrected chi connectivity index (χ0v) is 18.3. The molecule has 1 N–H and O–H groups in total. The number of carbonyl (C=O) groups is 1. The summed E-state index contributed by atoms with van der Waals surface area (Å²) in [5, 5.41) is 2.89. The van der Waals surface area contributed by atoms with Crippen molar-refractivity contribution in [2.75, 3.05) is 5.32 Å². The molecule has 0 aliphatic heterocycles. The summed E-state index contributed by atoms with van der Waals surface area (Å²) in [6, 6.07) is 20.0. The second-order valence-corrected chi connectivity index (χ2v) is 9.42. The molecule has 2 aromatic heterocycles. The Hall–Kier alpha value is -2.96. The molecule has 0 fully saturated rings. The average Bonchev–Trinajstić information content (AvgIpc) is 3.23. The Kier molecular flexibility index (Phi) is 6.26. The number of pyridine rings is 1. The fraction of sp³-hybridized carbons (Fsp3) is 0.125. The first kappa shape index (κ1) is 20.3. The number of para-hydroxylation sites is 1. The summed E-state index contributed by atoms with van der Waals surface area (Å²) >= 11 is 2.90. The summed E-state index contributed by atoms with van der Waals surface area (Å²) in [6.45, 7) is 4.39. The molecule has 0 aliphatic rings. The van der Waals surface area contributed by atoms with Crippen LogP contribution in [0, 0.1) is 0 Å². The van der Waals surface area contributed by atoms with Gasteiger partial charge in [0.25, 0.3) is 5.91 Å². The quantitative estimate of drug-likeness (QED) is 0.368. The number of benzene rings is 2.